The van der Waals surface area contributed by atoms with Crippen molar-refractivity contribution >= 4 is 0 Å². The van der Waals surface area contributed by atoms with Crippen LogP contribution in [-0.4, -0.2) is 26.3 Å². The zero-order valence-electron chi connectivity index (χ0n) is 17.5. The fourth-order valence-electron chi connectivity index (χ4n) is 3.91. The van der Waals surface area contributed by atoms with Crippen LogP contribution >= 0.6 is 0 Å². The van der Waals surface area contributed by atoms with E-state index in [9.17, 15) is 4.79 Å². The van der Waals surface area contributed by atoms with E-state index in [-0.39, 0.29) is 5.43 Å². The van der Waals surface area contributed by atoms with Crippen LogP contribution in [0.1, 0.15) is 24.0 Å². The molecule has 0 heterocycles. The molecule has 0 aromatic heterocycles. The highest BCUT2D eigenvalue weighted by atomic mass is 16.5. The predicted octanol–water partition coefficient (Wildman–Crippen LogP) is 5.51. The van der Waals surface area contributed by atoms with Gasteiger partial charge in [-0.15, -0.1) is 0 Å². The standard InChI is InChI=1S/C23H22N6O3/c24-28-26-9-1-11-31-17-5-7-19-15(13-17)3-4-16-14-18(32-12-2-10-27-29-25)6-8-20(16)22-21(19)23(22)30/h5-8,13-14H,1-4,9-12H2. The van der Waals surface area contributed by atoms with Gasteiger partial charge in [0.15, 0.2) is 5.43 Å². The van der Waals surface area contributed by atoms with Crippen molar-refractivity contribution in [3.8, 4) is 33.8 Å². The number of ether oxygens (including phenoxy) is 2. The fourth-order valence-corrected chi connectivity index (χ4v) is 3.91. The Morgan fingerprint density at radius 3 is 1.69 bits per heavy atom. The molecule has 0 atom stereocenters. The Hall–Kier alpha value is -3.93. The van der Waals surface area contributed by atoms with Gasteiger partial charge in [-0.3, -0.25) is 4.79 Å². The summed E-state index contributed by atoms with van der Waals surface area (Å²) in [6.45, 7) is 1.74. The van der Waals surface area contributed by atoms with E-state index in [1.165, 1.54) is 0 Å². The molecule has 0 fully saturated rings. The smallest absolute Gasteiger partial charge is 0.195 e. The summed E-state index contributed by atoms with van der Waals surface area (Å²) in [5, 5.41) is 7.02. The largest absolute Gasteiger partial charge is 0.494 e. The van der Waals surface area contributed by atoms with E-state index in [1.54, 1.807) is 0 Å². The molecule has 0 radical (unpaired) electrons. The van der Waals surface area contributed by atoms with Crippen LogP contribution in [0.15, 0.2) is 51.4 Å². The molecule has 0 amide bonds. The normalized spacial score (nSPS) is 11.8. The van der Waals surface area contributed by atoms with Crippen LogP contribution in [0.5, 0.6) is 11.5 Å². The van der Waals surface area contributed by atoms with Gasteiger partial charge in [0.2, 0.25) is 0 Å². The average Bonchev–Trinajstić information content (AvgIpc) is 3.45. The molecule has 162 valence electrons. The quantitative estimate of drug-likeness (QED) is 0.181. The number of nitrogens with zero attached hydrogens (tertiary/aromatic N) is 6. The van der Waals surface area contributed by atoms with Crippen molar-refractivity contribution in [1.29, 1.82) is 0 Å². The number of fused-ring (bicyclic) bond motifs is 5. The monoisotopic (exact) mass is 430 g/mol. The van der Waals surface area contributed by atoms with Gasteiger partial charge in [-0.1, -0.05) is 22.4 Å². The fraction of sp³-hybridized carbons (Fsp3) is 0.348. The van der Waals surface area contributed by atoms with Gasteiger partial charge in [-0.2, -0.15) is 0 Å². The van der Waals surface area contributed by atoms with Crippen LogP contribution < -0.4 is 14.9 Å². The molecular formula is C23H22N6O3. The van der Waals surface area contributed by atoms with E-state index in [0.29, 0.717) is 39.1 Å². The number of azide groups is 2. The molecule has 0 aliphatic heterocycles. The van der Waals surface area contributed by atoms with E-state index in [1.807, 2.05) is 36.4 Å². The summed E-state index contributed by atoms with van der Waals surface area (Å²) in [5.41, 5.74) is 22.5. The Bertz CT molecular complexity index is 1140. The minimum absolute atomic E-state index is 0.0977. The minimum atomic E-state index is 0.0977. The van der Waals surface area contributed by atoms with E-state index in [0.717, 1.165) is 57.7 Å². The van der Waals surface area contributed by atoms with Gasteiger partial charge >= 0.3 is 0 Å². The third-order valence-electron chi connectivity index (χ3n) is 5.47. The highest BCUT2D eigenvalue weighted by Gasteiger charge is 2.30. The first-order chi connectivity index (χ1) is 15.7. The van der Waals surface area contributed by atoms with Gasteiger partial charge in [0, 0.05) is 34.0 Å². The van der Waals surface area contributed by atoms with Crippen molar-refractivity contribution in [2.75, 3.05) is 26.3 Å². The lowest BCUT2D eigenvalue weighted by Gasteiger charge is -2.15. The zero-order chi connectivity index (χ0) is 22.3. The summed E-state index contributed by atoms with van der Waals surface area (Å²) < 4.78 is 11.6. The first-order valence-corrected chi connectivity index (χ1v) is 10.6. The Kier molecular flexibility index (Phi) is 6.60. The van der Waals surface area contributed by atoms with Crippen LogP contribution in [-0.2, 0) is 12.8 Å². The lowest BCUT2D eigenvalue weighted by Crippen LogP contribution is -2.03. The van der Waals surface area contributed by atoms with Gasteiger partial charge < -0.3 is 9.47 Å². The SMILES string of the molecule is [N-]=[N+]=NCCCOc1ccc2c(c1)CCc1cc(OCCCN=[N+]=[N-])ccc1-c1c-2c1=O. The number of hydrogen-bond donors (Lipinski definition) is 0. The van der Waals surface area contributed by atoms with Crippen molar-refractivity contribution in [2.24, 2.45) is 10.2 Å². The topological polar surface area (TPSA) is 133 Å². The first kappa shape index (κ1) is 21.3. The van der Waals surface area contributed by atoms with Crippen molar-refractivity contribution in [3.05, 3.63) is 78.6 Å². The second-order valence-corrected chi connectivity index (χ2v) is 7.53. The molecule has 0 unspecified atom stereocenters. The van der Waals surface area contributed by atoms with Crippen molar-refractivity contribution in [1.82, 2.24) is 0 Å². The molecule has 0 saturated heterocycles. The minimum Gasteiger partial charge on any atom is -0.494 e. The van der Waals surface area contributed by atoms with Crippen molar-refractivity contribution in [2.45, 2.75) is 25.7 Å². The van der Waals surface area contributed by atoms with Gasteiger partial charge in [-0.05, 0) is 83.3 Å². The molecule has 4 rings (SSSR count). The number of hydrogen-bond acceptors (Lipinski definition) is 5. The van der Waals surface area contributed by atoms with E-state index in [2.05, 4.69) is 20.1 Å². The number of rotatable bonds is 10. The maximum atomic E-state index is 12.6. The molecule has 0 spiro atoms. The summed E-state index contributed by atoms with van der Waals surface area (Å²) in [6, 6.07) is 11.7. The van der Waals surface area contributed by atoms with Gasteiger partial charge in [-0.25, -0.2) is 0 Å². The Balaban J connectivity index is 1.50. The van der Waals surface area contributed by atoms with Gasteiger partial charge in [0.05, 0.1) is 13.2 Å². The van der Waals surface area contributed by atoms with Crippen molar-refractivity contribution in [3.63, 3.8) is 0 Å². The van der Waals surface area contributed by atoms with Crippen LogP contribution in [0.25, 0.3) is 43.1 Å². The molecule has 32 heavy (non-hydrogen) atoms. The van der Waals surface area contributed by atoms with E-state index >= 15 is 0 Å². The highest BCUT2D eigenvalue weighted by molar-refractivity contribution is 5.96. The first-order valence-electron chi connectivity index (χ1n) is 10.6. The Morgan fingerprint density at radius 1 is 0.781 bits per heavy atom. The zero-order valence-corrected chi connectivity index (χ0v) is 17.5. The average molecular weight is 430 g/mol. The second-order valence-electron chi connectivity index (χ2n) is 7.53. The maximum absolute atomic E-state index is 12.6. The molecule has 0 N–H and O–H groups in total. The number of benzene rings is 2. The van der Waals surface area contributed by atoms with E-state index < -0.39 is 0 Å². The molecular weight excluding hydrogens is 408 g/mol. The molecule has 3 aromatic carbocycles. The molecule has 9 heteroatoms. The third-order valence-corrected chi connectivity index (χ3v) is 5.47. The summed E-state index contributed by atoms with van der Waals surface area (Å²) >= 11 is 0. The van der Waals surface area contributed by atoms with E-state index in [4.69, 9.17) is 20.5 Å². The summed E-state index contributed by atoms with van der Waals surface area (Å²) in [6.07, 6.45) is 2.85. The molecule has 1 aliphatic rings. The lowest BCUT2D eigenvalue weighted by molar-refractivity contribution is 0.312. The summed E-state index contributed by atoms with van der Waals surface area (Å²) in [4.78, 5) is 18.1. The van der Waals surface area contributed by atoms with Crippen molar-refractivity contribution < 1.29 is 9.47 Å². The van der Waals surface area contributed by atoms with Crippen LogP contribution in [0, 0.1) is 0 Å². The summed E-state index contributed by atoms with van der Waals surface area (Å²) in [5.74, 6) is 1.50. The van der Waals surface area contributed by atoms with Crippen LogP contribution in [0.2, 0.25) is 0 Å². The summed E-state index contributed by atoms with van der Waals surface area (Å²) in [7, 11) is 0. The van der Waals surface area contributed by atoms with Gasteiger partial charge in [0.1, 0.15) is 11.5 Å². The molecule has 9 nitrogen and oxygen atoms in total. The highest BCUT2D eigenvalue weighted by Crippen LogP contribution is 2.42. The Labute approximate surface area is 184 Å². The molecule has 3 aromatic rings. The predicted molar refractivity (Wildman–Crippen MR) is 122 cm³/mol. The van der Waals surface area contributed by atoms with Gasteiger partial charge in [0.25, 0.3) is 0 Å². The molecule has 1 aliphatic carbocycles. The third kappa shape index (κ3) is 4.70. The number of aryl methyl sites for hydroxylation is 2. The Morgan fingerprint density at radius 2 is 1.25 bits per heavy atom. The van der Waals surface area contributed by atoms with Crippen LogP contribution in [0.3, 0.4) is 0 Å². The van der Waals surface area contributed by atoms with Crippen LogP contribution in [0.4, 0.5) is 0 Å². The second kappa shape index (κ2) is 9.92. The molecule has 0 bridgehead atoms. The maximum Gasteiger partial charge on any atom is 0.195 e. The molecule has 0 saturated carbocycles. The lowest BCUT2D eigenvalue weighted by atomic mass is 9.91.